The average molecular weight is 291 g/mol. The van der Waals surface area contributed by atoms with Crippen LogP contribution >= 0.6 is 0 Å². The van der Waals surface area contributed by atoms with Crippen molar-refractivity contribution in [2.75, 3.05) is 18.9 Å². The van der Waals surface area contributed by atoms with Crippen molar-refractivity contribution in [3.63, 3.8) is 0 Å². The Labute approximate surface area is 106 Å². The zero-order valence-electron chi connectivity index (χ0n) is 10.3. The molecule has 1 atom stereocenters. The third-order valence-electron chi connectivity index (χ3n) is 2.38. The first-order valence-corrected chi connectivity index (χ1v) is 7.46. The Bertz CT molecular complexity index is 317. The van der Waals surface area contributed by atoms with E-state index in [0.717, 1.165) is 0 Å². The van der Waals surface area contributed by atoms with Crippen LogP contribution in [0.1, 0.15) is 32.6 Å². The Morgan fingerprint density at radius 1 is 1.28 bits per heavy atom. The van der Waals surface area contributed by atoms with E-state index in [1.54, 1.807) is 0 Å². The molecule has 0 aromatic rings. The third-order valence-corrected chi connectivity index (χ3v) is 3.85. The highest BCUT2D eigenvalue weighted by Gasteiger charge is 2.27. The van der Waals surface area contributed by atoms with Crippen LogP contribution in [0.3, 0.4) is 0 Å². The predicted octanol–water partition coefficient (Wildman–Crippen LogP) is 1.66. The first-order valence-electron chi connectivity index (χ1n) is 5.81. The van der Waals surface area contributed by atoms with Crippen LogP contribution in [0.2, 0.25) is 0 Å². The molecule has 8 heteroatoms. The number of alkyl halides is 3. The number of hydrogen-bond donors (Lipinski definition) is 2. The maximum Gasteiger partial charge on any atom is 0.389 e. The van der Waals surface area contributed by atoms with Crippen LogP contribution in [0.25, 0.3) is 0 Å². The molecule has 0 rings (SSSR count). The van der Waals surface area contributed by atoms with E-state index >= 15 is 0 Å². The minimum atomic E-state index is -4.31. The molecule has 0 aromatic carbocycles. The van der Waals surface area contributed by atoms with Crippen molar-refractivity contribution >= 4 is 10.0 Å². The molecule has 2 N–H and O–H groups in total. The van der Waals surface area contributed by atoms with Crippen LogP contribution in [-0.2, 0) is 10.0 Å². The van der Waals surface area contributed by atoms with Crippen molar-refractivity contribution < 1.29 is 26.7 Å². The molecule has 18 heavy (non-hydrogen) atoms. The van der Waals surface area contributed by atoms with Gasteiger partial charge in [0.2, 0.25) is 10.0 Å². The summed E-state index contributed by atoms with van der Waals surface area (Å²) < 4.78 is 60.3. The van der Waals surface area contributed by atoms with Gasteiger partial charge >= 0.3 is 6.18 Å². The number of nitrogens with one attached hydrogen (secondary N) is 1. The maximum atomic E-state index is 11.8. The largest absolute Gasteiger partial charge is 0.396 e. The molecular formula is C10H20F3NO3S. The SMILES string of the molecule is CC(CO)CCCNS(=O)(=O)CCCC(F)(F)F. The van der Waals surface area contributed by atoms with Crippen molar-refractivity contribution in [1.82, 2.24) is 4.72 Å². The van der Waals surface area contributed by atoms with Gasteiger partial charge in [0, 0.05) is 19.6 Å². The molecule has 0 aliphatic heterocycles. The van der Waals surface area contributed by atoms with Crippen molar-refractivity contribution in [1.29, 1.82) is 0 Å². The highest BCUT2D eigenvalue weighted by atomic mass is 32.2. The van der Waals surface area contributed by atoms with Crippen molar-refractivity contribution in [3.8, 4) is 0 Å². The van der Waals surface area contributed by atoms with Crippen LogP contribution in [0.5, 0.6) is 0 Å². The minimum absolute atomic E-state index is 0.0400. The van der Waals surface area contributed by atoms with Gasteiger partial charge in [0.05, 0.1) is 5.75 Å². The molecule has 0 aliphatic rings. The molecule has 0 heterocycles. The Morgan fingerprint density at radius 3 is 2.39 bits per heavy atom. The summed E-state index contributed by atoms with van der Waals surface area (Å²) in [5.41, 5.74) is 0. The summed E-state index contributed by atoms with van der Waals surface area (Å²) >= 11 is 0. The Kier molecular flexibility index (Phi) is 7.81. The van der Waals surface area contributed by atoms with E-state index in [9.17, 15) is 21.6 Å². The summed E-state index contributed by atoms with van der Waals surface area (Å²) in [6.07, 6.45) is -4.60. The normalized spacial score (nSPS) is 14.7. The fourth-order valence-corrected chi connectivity index (χ4v) is 2.43. The van der Waals surface area contributed by atoms with Crippen molar-refractivity contribution in [2.24, 2.45) is 5.92 Å². The zero-order valence-corrected chi connectivity index (χ0v) is 11.1. The number of aliphatic hydroxyl groups is 1. The van der Waals surface area contributed by atoms with E-state index in [1.807, 2.05) is 6.92 Å². The van der Waals surface area contributed by atoms with E-state index in [4.69, 9.17) is 5.11 Å². The second-order valence-electron chi connectivity index (χ2n) is 4.36. The predicted molar refractivity (Wildman–Crippen MR) is 62.6 cm³/mol. The van der Waals surface area contributed by atoms with Crippen LogP contribution in [0, 0.1) is 5.92 Å². The fourth-order valence-electron chi connectivity index (χ4n) is 1.30. The third kappa shape index (κ3) is 10.8. The summed E-state index contributed by atoms with van der Waals surface area (Å²) in [5, 5.41) is 8.74. The molecule has 0 amide bonds. The van der Waals surface area contributed by atoms with E-state index in [1.165, 1.54) is 0 Å². The van der Waals surface area contributed by atoms with Crippen LogP contribution in [-0.4, -0.2) is 38.6 Å². The Balaban J connectivity index is 3.75. The second kappa shape index (κ2) is 7.96. The zero-order chi connectivity index (χ0) is 14.2. The highest BCUT2D eigenvalue weighted by Crippen LogP contribution is 2.21. The molecule has 0 aliphatic carbocycles. The van der Waals surface area contributed by atoms with Crippen molar-refractivity contribution in [2.45, 2.75) is 38.8 Å². The topological polar surface area (TPSA) is 66.4 Å². The van der Waals surface area contributed by atoms with Gasteiger partial charge in [-0.15, -0.1) is 0 Å². The van der Waals surface area contributed by atoms with Gasteiger partial charge in [0.15, 0.2) is 0 Å². The molecule has 0 saturated carbocycles. The molecule has 4 nitrogen and oxygen atoms in total. The molecule has 1 unspecified atom stereocenters. The monoisotopic (exact) mass is 291 g/mol. The van der Waals surface area contributed by atoms with Crippen LogP contribution in [0.4, 0.5) is 13.2 Å². The summed E-state index contributed by atoms with van der Waals surface area (Å²) in [6, 6.07) is 0. The van der Waals surface area contributed by atoms with Crippen LogP contribution < -0.4 is 4.72 Å². The highest BCUT2D eigenvalue weighted by molar-refractivity contribution is 7.89. The van der Waals surface area contributed by atoms with Crippen molar-refractivity contribution in [3.05, 3.63) is 0 Å². The summed E-state index contributed by atoms with van der Waals surface area (Å²) in [6.45, 7) is 2.06. The van der Waals surface area contributed by atoms with Gasteiger partial charge < -0.3 is 5.11 Å². The maximum absolute atomic E-state index is 11.8. The average Bonchev–Trinajstić information content (AvgIpc) is 2.21. The molecule has 0 radical (unpaired) electrons. The van der Waals surface area contributed by atoms with E-state index in [0.29, 0.717) is 12.8 Å². The first kappa shape index (κ1) is 17.7. The molecule has 0 spiro atoms. The number of halogens is 3. The molecule has 0 saturated heterocycles. The molecule has 0 bridgehead atoms. The van der Waals surface area contributed by atoms with Gasteiger partial charge in [0.25, 0.3) is 0 Å². The fraction of sp³-hybridized carbons (Fsp3) is 1.00. The summed E-state index contributed by atoms with van der Waals surface area (Å²) in [5.74, 6) is -0.415. The lowest BCUT2D eigenvalue weighted by Crippen LogP contribution is -2.28. The first-order chi connectivity index (χ1) is 8.16. The minimum Gasteiger partial charge on any atom is -0.396 e. The van der Waals surface area contributed by atoms with Gasteiger partial charge in [0.1, 0.15) is 0 Å². The van der Waals surface area contributed by atoms with E-state index < -0.39 is 34.8 Å². The van der Waals surface area contributed by atoms with Crippen LogP contribution in [0.15, 0.2) is 0 Å². The molecular weight excluding hydrogens is 271 g/mol. The molecule has 0 fully saturated rings. The number of rotatable bonds is 9. The molecule has 0 aromatic heterocycles. The van der Waals surface area contributed by atoms with Gasteiger partial charge in [-0.3, -0.25) is 0 Å². The van der Waals surface area contributed by atoms with E-state index in [2.05, 4.69) is 4.72 Å². The quantitative estimate of drug-likeness (QED) is 0.635. The van der Waals surface area contributed by atoms with Gasteiger partial charge in [-0.2, -0.15) is 13.2 Å². The van der Waals surface area contributed by atoms with Gasteiger partial charge in [-0.25, -0.2) is 13.1 Å². The lowest BCUT2D eigenvalue weighted by Gasteiger charge is -2.09. The number of hydrogen-bond acceptors (Lipinski definition) is 3. The second-order valence-corrected chi connectivity index (χ2v) is 6.29. The number of sulfonamides is 1. The molecule has 110 valence electrons. The lowest BCUT2D eigenvalue weighted by molar-refractivity contribution is -0.134. The lowest BCUT2D eigenvalue weighted by atomic mass is 10.1. The van der Waals surface area contributed by atoms with Gasteiger partial charge in [-0.1, -0.05) is 6.92 Å². The standard InChI is InChI=1S/C10H20F3NO3S/c1-9(8-15)4-2-6-14-18(16,17)7-3-5-10(11,12)13/h9,14-15H,2-8H2,1H3. The van der Waals surface area contributed by atoms with Gasteiger partial charge in [-0.05, 0) is 25.2 Å². The van der Waals surface area contributed by atoms with E-state index in [-0.39, 0.29) is 19.1 Å². The Hall–Kier alpha value is -0.340. The number of aliphatic hydroxyl groups excluding tert-OH is 1. The Morgan fingerprint density at radius 2 is 1.89 bits per heavy atom. The summed E-state index contributed by atoms with van der Waals surface area (Å²) in [7, 11) is -3.62. The summed E-state index contributed by atoms with van der Waals surface area (Å²) in [4.78, 5) is 0. The smallest absolute Gasteiger partial charge is 0.389 e.